The number of anilines is 2. The van der Waals surface area contributed by atoms with Gasteiger partial charge in [-0.25, -0.2) is 17.6 Å². The molecule has 0 aliphatic carbocycles. The van der Waals surface area contributed by atoms with Crippen molar-refractivity contribution in [3.8, 4) is 0 Å². The molecule has 1 atom stereocenters. The van der Waals surface area contributed by atoms with Gasteiger partial charge in [-0.15, -0.1) is 0 Å². The number of aryl methyl sites for hydroxylation is 1. The highest BCUT2D eigenvalue weighted by Crippen LogP contribution is 2.21. The number of halogens is 1. The molecule has 0 aliphatic rings. The van der Waals surface area contributed by atoms with Crippen LogP contribution in [0, 0.1) is 22.9 Å². The molecular weight excluding hydrogens is 481 g/mol. The average molecular weight is 501 g/mol. The second kappa shape index (κ2) is 10.3. The zero-order valence-electron chi connectivity index (χ0n) is 18.5. The van der Waals surface area contributed by atoms with Crippen molar-refractivity contribution >= 4 is 39.0 Å². The van der Waals surface area contributed by atoms with Crippen LogP contribution in [0.2, 0.25) is 0 Å². The van der Waals surface area contributed by atoms with Crippen molar-refractivity contribution in [2.45, 2.75) is 24.8 Å². The van der Waals surface area contributed by atoms with Crippen molar-refractivity contribution in [2.75, 3.05) is 10.0 Å². The lowest BCUT2D eigenvalue weighted by atomic mass is 10.2. The van der Waals surface area contributed by atoms with E-state index in [1.807, 2.05) is 0 Å². The quantitative estimate of drug-likeness (QED) is 0.269. The molecule has 3 aromatic carbocycles. The summed E-state index contributed by atoms with van der Waals surface area (Å²) in [4.78, 5) is 34.8. The Kier molecular flexibility index (Phi) is 7.45. The van der Waals surface area contributed by atoms with E-state index in [4.69, 9.17) is 4.74 Å². The first-order valence-electron chi connectivity index (χ1n) is 10.1. The standard InChI is InChI=1S/C23H20FN3O7S/c1-14-12-17(24)8-11-21(14)35(32,33)26-18-9-6-16(7-10-18)23(29)34-15(2)22(28)25-19-4-3-5-20(13-19)27(30)31/h3-13,15,26H,1-2H3,(H,25,28). The van der Waals surface area contributed by atoms with Crippen molar-refractivity contribution < 1.29 is 32.1 Å². The topological polar surface area (TPSA) is 145 Å². The summed E-state index contributed by atoms with van der Waals surface area (Å²) in [6.07, 6.45) is -1.22. The predicted octanol–water partition coefficient (Wildman–Crippen LogP) is 4.03. The first kappa shape index (κ1) is 25.3. The van der Waals surface area contributed by atoms with Crippen LogP contribution < -0.4 is 10.0 Å². The molecule has 0 spiro atoms. The summed E-state index contributed by atoms with van der Waals surface area (Å²) in [5, 5.41) is 13.3. The van der Waals surface area contributed by atoms with Gasteiger partial charge in [-0.3, -0.25) is 19.6 Å². The molecule has 1 unspecified atom stereocenters. The SMILES string of the molecule is Cc1cc(F)ccc1S(=O)(=O)Nc1ccc(C(=O)OC(C)C(=O)Nc2cccc([N+](=O)[O-])c2)cc1. The van der Waals surface area contributed by atoms with E-state index >= 15 is 0 Å². The number of non-ortho nitro benzene ring substituents is 1. The van der Waals surface area contributed by atoms with E-state index in [-0.39, 0.29) is 33.1 Å². The Morgan fingerprint density at radius 3 is 2.34 bits per heavy atom. The molecule has 10 nitrogen and oxygen atoms in total. The van der Waals surface area contributed by atoms with Crippen LogP contribution in [-0.2, 0) is 19.6 Å². The summed E-state index contributed by atoms with van der Waals surface area (Å²) < 4.78 is 45.9. The van der Waals surface area contributed by atoms with Crippen LogP contribution in [0.25, 0.3) is 0 Å². The van der Waals surface area contributed by atoms with Gasteiger partial charge in [0.05, 0.1) is 15.4 Å². The zero-order chi connectivity index (χ0) is 25.8. The number of benzene rings is 3. The number of carbonyl (C=O) groups is 2. The average Bonchev–Trinajstić information content (AvgIpc) is 2.79. The number of nitro groups is 1. The number of sulfonamides is 1. The summed E-state index contributed by atoms with van der Waals surface area (Å²) in [7, 11) is -3.99. The minimum Gasteiger partial charge on any atom is -0.449 e. The van der Waals surface area contributed by atoms with Gasteiger partial charge in [-0.1, -0.05) is 6.07 Å². The molecule has 0 saturated heterocycles. The maximum Gasteiger partial charge on any atom is 0.338 e. The van der Waals surface area contributed by atoms with E-state index in [1.54, 1.807) is 0 Å². The van der Waals surface area contributed by atoms with Crippen molar-refractivity contribution in [1.82, 2.24) is 0 Å². The molecular formula is C23H20FN3O7S. The van der Waals surface area contributed by atoms with E-state index < -0.39 is 38.7 Å². The van der Waals surface area contributed by atoms with E-state index in [0.717, 1.165) is 18.2 Å². The number of nitro benzene ring substituents is 1. The Morgan fingerprint density at radius 1 is 1.03 bits per heavy atom. The Balaban J connectivity index is 1.62. The first-order valence-corrected chi connectivity index (χ1v) is 11.6. The monoisotopic (exact) mass is 501 g/mol. The lowest BCUT2D eigenvalue weighted by Gasteiger charge is -2.14. The molecule has 3 aromatic rings. The molecule has 1 amide bonds. The molecule has 2 N–H and O–H groups in total. The van der Waals surface area contributed by atoms with Crippen molar-refractivity contribution in [3.05, 3.63) is 93.8 Å². The van der Waals surface area contributed by atoms with Gasteiger partial charge in [0.25, 0.3) is 21.6 Å². The van der Waals surface area contributed by atoms with Crippen LogP contribution in [-0.4, -0.2) is 31.3 Å². The second-order valence-electron chi connectivity index (χ2n) is 7.44. The van der Waals surface area contributed by atoms with E-state index in [0.29, 0.717) is 0 Å². The number of ether oxygens (including phenoxy) is 1. The molecule has 0 radical (unpaired) electrons. The number of nitrogens with one attached hydrogen (secondary N) is 2. The van der Waals surface area contributed by atoms with Crippen molar-refractivity contribution in [1.29, 1.82) is 0 Å². The van der Waals surface area contributed by atoms with Gasteiger partial charge in [-0.05, 0) is 67.9 Å². The van der Waals surface area contributed by atoms with Crippen LogP contribution in [0.15, 0.2) is 71.6 Å². The molecule has 0 aromatic heterocycles. The second-order valence-corrected chi connectivity index (χ2v) is 9.09. The Bertz CT molecular complexity index is 1390. The number of hydrogen-bond donors (Lipinski definition) is 2. The number of hydrogen-bond acceptors (Lipinski definition) is 7. The molecule has 0 fully saturated rings. The number of nitrogens with zero attached hydrogens (tertiary/aromatic N) is 1. The summed E-state index contributed by atoms with van der Waals surface area (Å²) in [6.45, 7) is 2.80. The van der Waals surface area contributed by atoms with Crippen LogP contribution >= 0.6 is 0 Å². The smallest absolute Gasteiger partial charge is 0.338 e. The maximum atomic E-state index is 13.3. The van der Waals surface area contributed by atoms with E-state index in [1.165, 1.54) is 62.4 Å². The van der Waals surface area contributed by atoms with Gasteiger partial charge in [0, 0.05) is 23.5 Å². The molecule has 3 rings (SSSR count). The fraction of sp³-hybridized carbons (Fsp3) is 0.130. The van der Waals surface area contributed by atoms with Crippen LogP contribution in [0.3, 0.4) is 0 Å². The lowest BCUT2D eigenvalue weighted by Crippen LogP contribution is -2.30. The van der Waals surface area contributed by atoms with Gasteiger partial charge < -0.3 is 10.1 Å². The number of carbonyl (C=O) groups excluding carboxylic acids is 2. The molecule has 0 heterocycles. The third-order valence-electron chi connectivity index (χ3n) is 4.78. The largest absolute Gasteiger partial charge is 0.449 e. The molecule has 0 bridgehead atoms. The summed E-state index contributed by atoms with van der Waals surface area (Å²) in [5.41, 5.74) is 0.399. The minimum atomic E-state index is -3.99. The fourth-order valence-electron chi connectivity index (χ4n) is 3.02. The molecule has 0 aliphatic heterocycles. The Labute approximate surface area is 199 Å². The first-order chi connectivity index (χ1) is 16.5. The summed E-state index contributed by atoms with van der Waals surface area (Å²) >= 11 is 0. The fourth-order valence-corrected chi connectivity index (χ4v) is 4.31. The number of amides is 1. The molecule has 35 heavy (non-hydrogen) atoms. The minimum absolute atomic E-state index is 0.0564. The van der Waals surface area contributed by atoms with E-state index in [9.17, 15) is 32.5 Å². The van der Waals surface area contributed by atoms with Gasteiger partial charge in [-0.2, -0.15) is 0 Å². The van der Waals surface area contributed by atoms with Crippen LogP contribution in [0.4, 0.5) is 21.5 Å². The molecule has 182 valence electrons. The molecule has 0 saturated carbocycles. The Morgan fingerprint density at radius 2 is 1.71 bits per heavy atom. The Hall–Kier alpha value is -4.32. The van der Waals surface area contributed by atoms with E-state index in [2.05, 4.69) is 10.0 Å². The highest BCUT2D eigenvalue weighted by Gasteiger charge is 2.21. The van der Waals surface area contributed by atoms with Crippen LogP contribution in [0.1, 0.15) is 22.8 Å². The number of esters is 1. The summed E-state index contributed by atoms with van der Waals surface area (Å²) in [6, 6.07) is 13.9. The third kappa shape index (κ3) is 6.38. The van der Waals surface area contributed by atoms with Gasteiger partial charge in [0.1, 0.15) is 5.82 Å². The van der Waals surface area contributed by atoms with Gasteiger partial charge in [0.2, 0.25) is 0 Å². The number of rotatable bonds is 8. The predicted molar refractivity (Wildman–Crippen MR) is 125 cm³/mol. The molecule has 12 heteroatoms. The highest BCUT2D eigenvalue weighted by molar-refractivity contribution is 7.92. The third-order valence-corrected chi connectivity index (χ3v) is 6.32. The zero-order valence-corrected chi connectivity index (χ0v) is 19.3. The summed E-state index contributed by atoms with van der Waals surface area (Å²) in [5.74, 6) is -2.09. The maximum absolute atomic E-state index is 13.3. The van der Waals surface area contributed by atoms with Crippen LogP contribution in [0.5, 0.6) is 0 Å². The highest BCUT2D eigenvalue weighted by atomic mass is 32.2. The van der Waals surface area contributed by atoms with Gasteiger partial charge >= 0.3 is 5.97 Å². The van der Waals surface area contributed by atoms with Gasteiger partial charge in [0.15, 0.2) is 6.10 Å². The normalized spacial score (nSPS) is 11.9. The van der Waals surface area contributed by atoms with Crippen molar-refractivity contribution in [2.24, 2.45) is 0 Å². The lowest BCUT2D eigenvalue weighted by molar-refractivity contribution is -0.384. The van der Waals surface area contributed by atoms with Crippen molar-refractivity contribution in [3.63, 3.8) is 0 Å².